The van der Waals surface area contributed by atoms with Gasteiger partial charge in [-0.05, 0) is 56.8 Å². The summed E-state index contributed by atoms with van der Waals surface area (Å²) < 4.78 is 10.9. The number of hydrogen-bond donors (Lipinski definition) is 1. The molecule has 0 spiro atoms. The Morgan fingerprint density at radius 1 is 1.18 bits per heavy atom. The van der Waals surface area contributed by atoms with Gasteiger partial charge >= 0.3 is 0 Å². The summed E-state index contributed by atoms with van der Waals surface area (Å²) in [6, 6.07) is 6.63. The van der Waals surface area contributed by atoms with Crippen LogP contribution in [0.5, 0.6) is 5.75 Å². The largest absolute Gasteiger partial charge is 0.492 e. The van der Waals surface area contributed by atoms with Crippen molar-refractivity contribution in [2.45, 2.75) is 39.2 Å². The van der Waals surface area contributed by atoms with Crippen LogP contribution in [0.1, 0.15) is 38.2 Å². The predicted molar refractivity (Wildman–Crippen MR) is 91.9 cm³/mol. The van der Waals surface area contributed by atoms with Crippen molar-refractivity contribution < 1.29 is 9.47 Å². The summed E-state index contributed by atoms with van der Waals surface area (Å²) >= 11 is 0. The van der Waals surface area contributed by atoms with Gasteiger partial charge in [-0.2, -0.15) is 0 Å². The van der Waals surface area contributed by atoms with Crippen molar-refractivity contribution >= 4 is 5.69 Å². The number of rotatable bonds is 9. The van der Waals surface area contributed by atoms with Gasteiger partial charge in [0.2, 0.25) is 0 Å². The Balaban J connectivity index is 1.96. The maximum Gasteiger partial charge on any atom is 0.142 e. The van der Waals surface area contributed by atoms with Crippen molar-refractivity contribution in [1.29, 1.82) is 0 Å². The monoisotopic (exact) mass is 306 g/mol. The van der Waals surface area contributed by atoms with Crippen LogP contribution >= 0.6 is 0 Å². The highest BCUT2D eigenvalue weighted by Crippen LogP contribution is 2.31. The van der Waals surface area contributed by atoms with E-state index in [4.69, 9.17) is 9.47 Å². The Bertz CT molecular complexity index is 431. The molecule has 0 amide bonds. The average molecular weight is 306 g/mol. The fraction of sp³-hybridized carbons (Fsp3) is 0.667. The Morgan fingerprint density at radius 2 is 2.00 bits per heavy atom. The lowest BCUT2D eigenvalue weighted by atomic mass is 10.1. The SMILES string of the molecule is CCOc1cc(CNCCCOC)ccc1N1CCCCC1. The highest BCUT2D eigenvalue weighted by atomic mass is 16.5. The second-order valence-corrected chi connectivity index (χ2v) is 5.81. The molecule has 0 atom stereocenters. The Hall–Kier alpha value is -1.26. The lowest BCUT2D eigenvalue weighted by Crippen LogP contribution is -2.29. The molecule has 1 fully saturated rings. The summed E-state index contributed by atoms with van der Waals surface area (Å²) in [7, 11) is 1.74. The van der Waals surface area contributed by atoms with Crippen molar-refractivity contribution in [1.82, 2.24) is 5.32 Å². The fourth-order valence-electron chi connectivity index (χ4n) is 2.91. The van der Waals surface area contributed by atoms with Gasteiger partial charge in [-0.25, -0.2) is 0 Å². The zero-order chi connectivity index (χ0) is 15.6. The summed E-state index contributed by atoms with van der Waals surface area (Å²) in [6.07, 6.45) is 4.97. The van der Waals surface area contributed by atoms with Gasteiger partial charge in [-0.1, -0.05) is 6.07 Å². The van der Waals surface area contributed by atoms with E-state index in [1.807, 2.05) is 0 Å². The molecule has 0 saturated carbocycles. The van der Waals surface area contributed by atoms with Gasteiger partial charge < -0.3 is 19.7 Å². The molecule has 4 nitrogen and oxygen atoms in total. The number of nitrogens with one attached hydrogen (secondary N) is 1. The van der Waals surface area contributed by atoms with E-state index in [-0.39, 0.29) is 0 Å². The molecule has 1 aliphatic rings. The number of methoxy groups -OCH3 is 1. The van der Waals surface area contributed by atoms with Crippen molar-refractivity contribution in [2.75, 3.05) is 44.9 Å². The molecule has 2 rings (SSSR count). The second-order valence-electron chi connectivity index (χ2n) is 5.81. The van der Waals surface area contributed by atoms with E-state index in [0.717, 1.165) is 45.0 Å². The standard InChI is InChI=1S/C18H30N2O2/c1-3-22-18-14-16(15-19-10-7-13-21-2)8-9-17(18)20-11-5-4-6-12-20/h8-9,14,19H,3-7,10-13,15H2,1-2H3. The third-order valence-corrected chi connectivity index (χ3v) is 4.05. The second kappa shape index (κ2) is 9.70. The number of piperidine rings is 1. The van der Waals surface area contributed by atoms with E-state index >= 15 is 0 Å². The molecule has 1 saturated heterocycles. The summed E-state index contributed by atoms with van der Waals surface area (Å²) in [5.74, 6) is 1.03. The summed E-state index contributed by atoms with van der Waals surface area (Å²) in [4.78, 5) is 2.46. The molecule has 1 aromatic carbocycles. The Kier molecular flexibility index (Phi) is 7.54. The molecule has 0 unspecified atom stereocenters. The molecular formula is C18H30N2O2. The first kappa shape index (κ1) is 17.1. The molecule has 0 aromatic heterocycles. The molecule has 1 N–H and O–H groups in total. The van der Waals surface area contributed by atoms with Crippen molar-refractivity contribution in [3.8, 4) is 5.75 Å². The summed E-state index contributed by atoms with van der Waals surface area (Å²) in [6.45, 7) is 7.73. The quantitative estimate of drug-likeness (QED) is 0.710. The van der Waals surface area contributed by atoms with E-state index < -0.39 is 0 Å². The topological polar surface area (TPSA) is 33.7 Å². The van der Waals surface area contributed by atoms with Crippen LogP contribution in [-0.4, -0.2) is 40.0 Å². The zero-order valence-electron chi connectivity index (χ0n) is 14.1. The molecule has 0 radical (unpaired) electrons. The number of anilines is 1. The van der Waals surface area contributed by atoms with E-state index in [0.29, 0.717) is 6.61 Å². The zero-order valence-corrected chi connectivity index (χ0v) is 14.1. The molecule has 124 valence electrons. The van der Waals surface area contributed by atoms with Crippen LogP contribution in [0.3, 0.4) is 0 Å². The summed E-state index contributed by atoms with van der Waals surface area (Å²) in [5.41, 5.74) is 2.53. The van der Waals surface area contributed by atoms with Gasteiger partial charge in [0.1, 0.15) is 5.75 Å². The lowest BCUT2D eigenvalue weighted by molar-refractivity contribution is 0.194. The maximum atomic E-state index is 5.89. The Labute approximate surface area is 134 Å². The van der Waals surface area contributed by atoms with Gasteiger partial charge in [0.05, 0.1) is 12.3 Å². The van der Waals surface area contributed by atoms with Crippen LogP contribution in [0.4, 0.5) is 5.69 Å². The van der Waals surface area contributed by atoms with Crippen LogP contribution in [-0.2, 0) is 11.3 Å². The normalized spacial score (nSPS) is 15.1. The van der Waals surface area contributed by atoms with Crippen LogP contribution in [0, 0.1) is 0 Å². The van der Waals surface area contributed by atoms with Crippen molar-refractivity contribution in [2.24, 2.45) is 0 Å². The van der Waals surface area contributed by atoms with Gasteiger partial charge in [-0.3, -0.25) is 0 Å². The van der Waals surface area contributed by atoms with E-state index in [1.165, 1.54) is 30.5 Å². The third kappa shape index (κ3) is 5.18. The van der Waals surface area contributed by atoms with Gasteiger partial charge in [0.15, 0.2) is 0 Å². The fourth-order valence-corrected chi connectivity index (χ4v) is 2.91. The molecule has 4 heteroatoms. The molecule has 1 heterocycles. The van der Waals surface area contributed by atoms with Gasteiger partial charge in [0.25, 0.3) is 0 Å². The van der Waals surface area contributed by atoms with Crippen LogP contribution < -0.4 is 15.0 Å². The van der Waals surface area contributed by atoms with Crippen molar-refractivity contribution in [3.05, 3.63) is 23.8 Å². The molecule has 0 aliphatic carbocycles. The lowest BCUT2D eigenvalue weighted by Gasteiger charge is -2.30. The maximum absolute atomic E-state index is 5.89. The van der Waals surface area contributed by atoms with Gasteiger partial charge in [0, 0.05) is 33.4 Å². The predicted octanol–water partition coefficient (Wildman–Crippen LogP) is 3.20. The minimum atomic E-state index is 0.714. The van der Waals surface area contributed by atoms with Crippen LogP contribution in [0.2, 0.25) is 0 Å². The first-order valence-corrected chi connectivity index (χ1v) is 8.55. The molecule has 1 aromatic rings. The highest BCUT2D eigenvalue weighted by molar-refractivity contribution is 5.60. The number of ether oxygens (including phenoxy) is 2. The van der Waals surface area contributed by atoms with Gasteiger partial charge in [-0.15, -0.1) is 0 Å². The van der Waals surface area contributed by atoms with Crippen molar-refractivity contribution in [3.63, 3.8) is 0 Å². The average Bonchev–Trinajstić information content (AvgIpc) is 2.56. The highest BCUT2D eigenvalue weighted by Gasteiger charge is 2.15. The number of hydrogen-bond acceptors (Lipinski definition) is 4. The minimum Gasteiger partial charge on any atom is -0.492 e. The van der Waals surface area contributed by atoms with E-state index in [9.17, 15) is 0 Å². The molecular weight excluding hydrogens is 276 g/mol. The third-order valence-electron chi connectivity index (χ3n) is 4.05. The first-order valence-electron chi connectivity index (χ1n) is 8.55. The first-order chi connectivity index (χ1) is 10.8. The smallest absolute Gasteiger partial charge is 0.142 e. The minimum absolute atomic E-state index is 0.714. The molecule has 1 aliphatic heterocycles. The molecule has 0 bridgehead atoms. The summed E-state index contributed by atoms with van der Waals surface area (Å²) in [5, 5.41) is 3.46. The van der Waals surface area contributed by atoms with E-state index in [2.05, 4.69) is 35.3 Å². The molecule has 22 heavy (non-hydrogen) atoms. The van der Waals surface area contributed by atoms with E-state index in [1.54, 1.807) is 7.11 Å². The number of benzene rings is 1. The van der Waals surface area contributed by atoms with Crippen LogP contribution in [0.15, 0.2) is 18.2 Å². The Morgan fingerprint density at radius 3 is 2.73 bits per heavy atom. The van der Waals surface area contributed by atoms with Crippen LogP contribution in [0.25, 0.3) is 0 Å². The number of nitrogens with zero attached hydrogens (tertiary/aromatic N) is 1.